The van der Waals surface area contributed by atoms with E-state index in [0.717, 1.165) is 0 Å². The molecule has 0 spiro atoms. The lowest BCUT2D eigenvalue weighted by Gasteiger charge is -2.30. The molecule has 20 heavy (non-hydrogen) atoms. The van der Waals surface area contributed by atoms with Gasteiger partial charge in [0.1, 0.15) is 12.1 Å². The average Bonchev–Trinajstić information content (AvgIpc) is 2.29. The fourth-order valence-corrected chi connectivity index (χ4v) is 1.74. The van der Waals surface area contributed by atoms with E-state index in [1.54, 1.807) is 27.7 Å². The monoisotopic (exact) mass is 287 g/mol. The van der Waals surface area contributed by atoms with Crippen molar-refractivity contribution in [3.8, 4) is 0 Å². The van der Waals surface area contributed by atoms with Crippen LogP contribution in [-0.2, 0) is 9.59 Å². The maximum absolute atomic E-state index is 12.2. The molecule has 0 aliphatic rings. The van der Waals surface area contributed by atoms with Gasteiger partial charge >= 0.3 is 12.0 Å². The number of hydrogen-bond donors (Lipinski definition) is 4. The summed E-state index contributed by atoms with van der Waals surface area (Å²) < 4.78 is 0. The highest BCUT2D eigenvalue weighted by atomic mass is 16.4. The lowest BCUT2D eigenvalue weighted by atomic mass is 9.86. The predicted octanol–water partition coefficient (Wildman–Crippen LogP) is 0.685. The first-order valence-corrected chi connectivity index (χ1v) is 6.59. The highest BCUT2D eigenvalue weighted by Gasteiger charge is 2.35. The van der Waals surface area contributed by atoms with Crippen LogP contribution in [-0.4, -0.2) is 35.1 Å². The molecule has 0 bridgehead atoms. The predicted molar refractivity (Wildman–Crippen MR) is 75.0 cm³/mol. The van der Waals surface area contributed by atoms with Crippen molar-refractivity contribution < 1.29 is 19.5 Å². The van der Waals surface area contributed by atoms with Crippen LogP contribution in [0, 0.1) is 11.3 Å². The summed E-state index contributed by atoms with van der Waals surface area (Å²) in [5, 5.41) is 14.0. The number of carboxylic acid groups (broad SMARTS) is 1. The summed E-state index contributed by atoms with van der Waals surface area (Å²) in [6.45, 7) is 8.79. The Balaban J connectivity index is 5.07. The number of amides is 3. The summed E-state index contributed by atoms with van der Waals surface area (Å²) in [4.78, 5) is 34.4. The average molecular weight is 287 g/mol. The smallest absolute Gasteiger partial charge is 0.326 e. The van der Waals surface area contributed by atoms with Gasteiger partial charge in [-0.25, -0.2) is 9.59 Å². The van der Waals surface area contributed by atoms with Crippen LogP contribution in [0.1, 0.15) is 41.0 Å². The van der Waals surface area contributed by atoms with Crippen molar-refractivity contribution in [1.29, 1.82) is 0 Å². The van der Waals surface area contributed by atoms with E-state index in [-0.39, 0.29) is 5.92 Å². The van der Waals surface area contributed by atoms with Crippen LogP contribution < -0.4 is 16.4 Å². The minimum Gasteiger partial charge on any atom is -0.480 e. The van der Waals surface area contributed by atoms with Crippen molar-refractivity contribution >= 4 is 17.9 Å². The molecule has 0 aliphatic carbocycles. The van der Waals surface area contributed by atoms with Gasteiger partial charge in [0.15, 0.2) is 0 Å². The van der Waals surface area contributed by atoms with Crippen LogP contribution in [0.15, 0.2) is 0 Å². The fourth-order valence-electron chi connectivity index (χ4n) is 1.74. The summed E-state index contributed by atoms with van der Waals surface area (Å²) in [6.07, 6.45) is 0.644. The Labute approximate surface area is 119 Å². The van der Waals surface area contributed by atoms with Gasteiger partial charge in [-0.1, -0.05) is 41.0 Å². The largest absolute Gasteiger partial charge is 0.480 e. The normalized spacial score (nSPS) is 15.8. The lowest BCUT2D eigenvalue weighted by molar-refractivity contribution is -0.145. The molecule has 0 aromatic carbocycles. The van der Waals surface area contributed by atoms with E-state index in [1.807, 2.05) is 6.92 Å². The zero-order valence-corrected chi connectivity index (χ0v) is 12.7. The van der Waals surface area contributed by atoms with Crippen molar-refractivity contribution in [2.24, 2.45) is 17.1 Å². The Morgan fingerprint density at radius 2 is 1.70 bits per heavy atom. The Morgan fingerprint density at radius 1 is 1.20 bits per heavy atom. The zero-order valence-electron chi connectivity index (χ0n) is 12.7. The number of aliphatic carboxylic acids is 1. The summed E-state index contributed by atoms with van der Waals surface area (Å²) in [6, 6.07) is -2.70. The Morgan fingerprint density at radius 3 is 2.00 bits per heavy atom. The van der Waals surface area contributed by atoms with Crippen molar-refractivity contribution in [3.63, 3.8) is 0 Å². The first-order valence-electron chi connectivity index (χ1n) is 6.59. The molecule has 3 atom stereocenters. The molecule has 0 saturated heterocycles. The van der Waals surface area contributed by atoms with Crippen molar-refractivity contribution in [2.75, 3.05) is 0 Å². The minimum atomic E-state index is -1.12. The van der Waals surface area contributed by atoms with Gasteiger partial charge in [0.05, 0.1) is 0 Å². The van der Waals surface area contributed by atoms with E-state index >= 15 is 0 Å². The molecule has 0 aromatic heterocycles. The molecule has 2 unspecified atom stereocenters. The SMILES string of the molecule is CCC(C)C(NC(N)=O)C(=O)N[C@@H](C(=O)O)C(C)(C)C. The van der Waals surface area contributed by atoms with E-state index < -0.39 is 35.4 Å². The third kappa shape index (κ3) is 5.46. The third-order valence-electron chi connectivity index (χ3n) is 3.19. The second-order valence-electron chi connectivity index (χ2n) is 6.02. The van der Waals surface area contributed by atoms with Crippen LogP contribution in [0.25, 0.3) is 0 Å². The molecule has 0 radical (unpaired) electrons. The van der Waals surface area contributed by atoms with Gasteiger partial charge in [-0.2, -0.15) is 0 Å². The van der Waals surface area contributed by atoms with Crippen LogP contribution in [0.3, 0.4) is 0 Å². The van der Waals surface area contributed by atoms with Crippen molar-refractivity contribution in [2.45, 2.75) is 53.1 Å². The van der Waals surface area contributed by atoms with Gasteiger partial charge in [-0.05, 0) is 11.3 Å². The van der Waals surface area contributed by atoms with E-state index in [0.29, 0.717) is 6.42 Å². The number of carboxylic acids is 1. The van der Waals surface area contributed by atoms with Gasteiger partial charge in [-0.15, -0.1) is 0 Å². The first-order chi connectivity index (χ1) is 9.00. The van der Waals surface area contributed by atoms with Crippen LogP contribution in [0.4, 0.5) is 4.79 Å². The second-order valence-corrected chi connectivity index (χ2v) is 6.02. The van der Waals surface area contributed by atoms with Gasteiger partial charge in [0.25, 0.3) is 0 Å². The molecule has 5 N–H and O–H groups in total. The molecule has 7 heteroatoms. The maximum atomic E-state index is 12.2. The van der Waals surface area contributed by atoms with E-state index in [4.69, 9.17) is 5.73 Å². The number of carbonyl (C=O) groups excluding carboxylic acids is 2. The summed E-state index contributed by atoms with van der Waals surface area (Å²) >= 11 is 0. The van der Waals surface area contributed by atoms with Crippen LogP contribution in [0.5, 0.6) is 0 Å². The number of nitrogens with two attached hydrogens (primary N) is 1. The molecule has 3 amide bonds. The molecule has 0 aromatic rings. The fraction of sp³-hybridized carbons (Fsp3) is 0.769. The molecule has 0 fully saturated rings. The van der Waals surface area contributed by atoms with Gasteiger partial charge in [0, 0.05) is 0 Å². The van der Waals surface area contributed by atoms with Crippen molar-refractivity contribution in [3.05, 3.63) is 0 Å². The molecule has 0 saturated carbocycles. The third-order valence-corrected chi connectivity index (χ3v) is 3.19. The lowest BCUT2D eigenvalue weighted by Crippen LogP contribution is -2.57. The Bertz CT molecular complexity index is 376. The highest BCUT2D eigenvalue weighted by molar-refractivity contribution is 5.90. The quantitative estimate of drug-likeness (QED) is 0.574. The Kier molecular flexibility index (Phi) is 6.48. The molecular formula is C13H25N3O4. The number of urea groups is 1. The van der Waals surface area contributed by atoms with Crippen molar-refractivity contribution in [1.82, 2.24) is 10.6 Å². The summed E-state index contributed by atoms with van der Waals surface area (Å²) in [5.41, 5.74) is 4.41. The molecule has 116 valence electrons. The molecule has 0 heterocycles. The maximum Gasteiger partial charge on any atom is 0.326 e. The zero-order chi connectivity index (χ0) is 16.1. The number of rotatable bonds is 6. The highest BCUT2D eigenvalue weighted by Crippen LogP contribution is 2.20. The van der Waals surface area contributed by atoms with Crippen LogP contribution in [0.2, 0.25) is 0 Å². The van der Waals surface area contributed by atoms with E-state index in [2.05, 4.69) is 10.6 Å². The van der Waals surface area contributed by atoms with Gasteiger partial charge < -0.3 is 21.5 Å². The molecular weight excluding hydrogens is 262 g/mol. The molecule has 7 nitrogen and oxygen atoms in total. The number of primary amides is 1. The van der Waals surface area contributed by atoms with E-state index in [9.17, 15) is 19.5 Å². The molecule has 0 rings (SSSR count). The van der Waals surface area contributed by atoms with E-state index in [1.165, 1.54) is 0 Å². The van der Waals surface area contributed by atoms with Crippen LogP contribution >= 0.6 is 0 Å². The summed E-state index contributed by atoms with van der Waals surface area (Å²) in [7, 11) is 0. The number of hydrogen-bond acceptors (Lipinski definition) is 3. The standard InChI is InChI=1S/C13H25N3O4/c1-6-7(2)8(15-12(14)20)10(17)16-9(11(18)19)13(3,4)5/h7-9H,6H2,1-5H3,(H,16,17)(H,18,19)(H3,14,15,20)/t7?,8?,9-/m0/s1. The number of carbonyl (C=O) groups is 3. The minimum absolute atomic E-state index is 0.156. The summed E-state index contributed by atoms with van der Waals surface area (Å²) in [5.74, 6) is -1.81. The number of nitrogens with one attached hydrogen (secondary N) is 2. The first kappa shape index (κ1) is 18.2. The van der Waals surface area contributed by atoms with Gasteiger partial charge in [0.2, 0.25) is 5.91 Å². The Hall–Kier alpha value is -1.79. The second kappa shape index (κ2) is 7.12. The topological polar surface area (TPSA) is 122 Å². The van der Waals surface area contributed by atoms with Gasteiger partial charge in [-0.3, -0.25) is 4.79 Å². The molecule has 0 aliphatic heterocycles.